The number of fused-ring (bicyclic) bond motifs is 1. The molecule has 0 amide bonds. The Balaban J connectivity index is 2.06. The summed E-state index contributed by atoms with van der Waals surface area (Å²) in [6, 6.07) is 7.78. The predicted octanol–water partition coefficient (Wildman–Crippen LogP) is 3.75. The van der Waals surface area contributed by atoms with Gasteiger partial charge in [0.1, 0.15) is 12.1 Å². The Hall–Kier alpha value is -2.14. The van der Waals surface area contributed by atoms with E-state index in [0.717, 1.165) is 27.5 Å². The number of aromatic nitrogens is 2. The molecular weight excluding hydrogens is 258 g/mol. The van der Waals surface area contributed by atoms with Gasteiger partial charge in [-0.15, -0.1) is 11.3 Å². The maximum Gasteiger partial charge on any atom is 0.151 e. The fourth-order valence-corrected chi connectivity index (χ4v) is 2.88. The SMILES string of the molecule is COc1ccccc1Nc1ncnc2c(C)csc12. The van der Waals surface area contributed by atoms with Crippen molar-refractivity contribution in [3.63, 3.8) is 0 Å². The van der Waals surface area contributed by atoms with Crippen LogP contribution < -0.4 is 10.1 Å². The van der Waals surface area contributed by atoms with Gasteiger partial charge in [0.25, 0.3) is 0 Å². The molecule has 0 saturated carbocycles. The largest absolute Gasteiger partial charge is 0.495 e. The Kier molecular flexibility index (Phi) is 3.05. The lowest BCUT2D eigenvalue weighted by Crippen LogP contribution is -1.97. The predicted molar refractivity (Wildman–Crippen MR) is 78.4 cm³/mol. The van der Waals surface area contributed by atoms with Gasteiger partial charge < -0.3 is 10.1 Å². The zero-order valence-electron chi connectivity index (χ0n) is 10.7. The zero-order valence-corrected chi connectivity index (χ0v) is 11.5. The van der Waals surface area contributed by atoms with Gasteiger partial charge in [-0.1, -0.05) is 12.1 Å². The summed E-state index contributed by atoms with van der Waals surface area (Å²) in [7, 11) is 1.66. The molecule has 0 unspecified atom stereocenters. The number of anilines is 2. The highest BCUT2D eigenvalue weighted by Crippen LogP contribution is 2.32. The maximum absolute atomic E-state index is 5.33. The summed E-state index contributed by atoms with van der Waals surface area (Å²) in [5, 5.41) is 5.40. The van der Waals surface area contributed by atoms with Gasteiger partial charge in [0.15, 0.2) is 5.82 Å². The molecule has 0 radical (unpaired) electrons. The molecule has 96 valence electrons. The molecule has 3 aromatic rings. The molecule has 0 saturated heterocycles. The highest BCUT2D eigenvalue weighted by Gasteiger charge is 2.10. The van der Waals surface area contributed by atoms with Gasteiger partial charge in [-0.25, -0.2) is 9.97 Å². The number of aryl methyl sites for hydroxylation is 1. The van der Waals surface area contributed by atoms with E-state index in [2.05, 4.69) is 27.6 Å². The number of ether oxygens (including phenoxy) is 1. The molecule has 0 aliphatic carbocycles. The first-order valence-corrected chi connectivity index (χ1v) is 6.76. The van der Waals surface area contributed by atoms with Crippen LogP contribution in [-0.2, 0) is 0 Å². The van der Waals surface area contributed by atoms with E-state index < -0.39 is 0 Å². The zero-order chi connectivity index (χ0) is 13.2. The molecule has 1 aromatic carbocycles. The lowest BCUT2D eigenvalue weighted by molar-refractivity contribution is 0.417. The molecule has 19 heavy (non-hydrogen) atoms. The van der Waals surface area contributed by atoms with E-state index in [1.165, 1.54) is 5.56 Å². The van der Waals surface area contributed by atoms with Crippen molar-refractivity contribution in [3.8, 4) is 5.75 Å². The molecule has 4 nitrogen and oxygen atoms in total. The Morgan fingerprint density at radius 2 is 2.05 bits per heavy atom. The standard InChI is InChI=1S/C14H13N3OS/c1-9-7-19-13-12(9)15-8-16-14(13)17-10-5-3-4-6-11(10)18-2/h3-8H,1-2H3,(H,15,16,17). The van der Waals surface area contributed by atoms with Crippen molar-refractivity contribution in [1.82, 2.24) is 9.97 Å². The van der Waals surface area contributed by atoms with Crippen LogP contribution in [-0.4, -0.2) is 17.1 Å². The van der Waals surface area contributed by atoms with E-state index in [-0.39, 0.29) is 0 Å². The van der Waals surface area contributed by atoms with Gasteiger partial charge in [-0.2, -0.15) is 0 Å². The quantitative estimate of drug-likeness (QED) is 0.788. The van der Waals surface area contributed by atoms with E-state index in [0.29, 0.717) is 0 Å². The van der Waals surface area contributed by atoms with Crippen LogP contribution in [0.15, 0.2) is 36.0 Å². The molecule has 2 aromatic heterocycles. The molecule has 0 spiro atoms. The van der Waals surface area contributed by atoms with Crippen molar-refractivity contribution in [1.29, 1.82) is 0 Å². The van der Waals surface area contributed by atoms with Crippen LogP contribution in [0.3, 0.4) is 0 Å². The average Bonchev–Trinajstić information content (AvgIpc) is 2.82. The van der Waals surface area contributed by atoms with Crippen LogP contribution in [0.25, 0.3) is 10.2 Å². The fourth-order valence-electron chi connectivity index (χ4n) is 1.93. The minimum absolute atomic E-state index is 0.794. The van der Waals surface area contributed by atoms with Crippen LogP contribution in [0, 0.1) is 6.92 Å². The van der Waals surface area contributed by atoms with Gasteiger partial charge in [0.05, 0.1) is 23.0 Å². The van der Waals surface area contributed by atoms with Crippen molar-refractivity contribution in [2.75, 3.05) is 12.4 Å². The normalized spacial score (nSPS) is 10.6. The average molecular weight is 271 g/mol. The number of hydrogen-bond donors (Lipinski definition) is 1. The van der Waals surface area contributed by atoms with E-state index in [9.17, 15) is 0 Å². The first kappa shape index (κ1) is 11.9. The monoisotopic (exact) mass is 271 g/mol. The number of methoxy groups -OCH3 is 1. The summed E-state index contributed by atoms with van der Waals surface area (Å²) < 4.78 is 6.39. The van der Waals surface area contributed by atoms with Crippen molar-refractivity contribution in [2.24, 2.45) is 0 Å². The smallest absolute Gasteiger partial charge is 0.151 e. The molecular formula is C14H13N3OS. The van der Waals surface area contributed by atoms with Gasteiger partial charge in [-0.05, 0) is 30.0 Å². The van der Waals surface area contributed by atoms with Crippen molar-refractivity contribution in [3.05, 3.63) is 41.5 Å². The third-order valence-electron chi connectivity index (χ3n) is 2.89. The topological polar surface area (TPSA) is 47.0 Å². The lowest BCUT2D eigenvalue weighted by atomic mass is 10.3. The van der Waals surface area contributed by atoms with Gasteiger partial charge >= 0.3 is 0 Å². The molecule has 0 bridgehead atoms. The summed E-state index contributed by atoms with van der Waals surface area (Å²) in [5.41, 5.74) is 3.07. The lowest BCUT2D eigenvalue weighted by Gasteiger charge is -2.10. The Morgan fingerprint density at radius 1 is 1.21 bits per heavy atom. The molecule has 0 fully saturated rings. The Morgan fingerprint density at radius 3 is 2.89 bits per heavy atom. The number of hydrogen-bond acceptors (Lipinski definition) is 5. The van der Waals surface area contributed by atoms with Crippen LogP contribution in [0.1, 0.15) is 5.56 Å². The molecule has 0 aliphatic rings. The second-order valence-corrected chi connectivity index (χ2v) is 5.02. The van der Waals surface area contributed by atoms with Gasteiger partial charge in [-0.3, -0.25) is 0 Å². The molecule has 1 N–H and O–H groups in total. The maximum atomic E-state index is 5.33. The third kappa shape index (κ3) is 2.13. The minimum Gasteiger partial charge on any atom is -0.495 e. The molecule has 0 aliphatic heterocycles. The first-order valence-electron chi connectivity index (χ1n) is 5.88. The number of rotatable bonds is 3. The van der Waals surface area contributed by atoms with Gasteiger partial charge in [0, 0.05) is 0 Å². The number of nitrogens with zero attached hydrogens (tertiary/aromatic N) is 2. The molecule has 0 atom stereocenters. The summed E-state index contributed by atoms with van der Waals surface area (Å²) in [6.45, 7) is 2.05. The summed E-state index contributed by atoms with van der Waals surface area (Å²) in [4.78, 5) is 8.64. The molecule has 3 rings (SSSR count). The van der Waals surface area contributed by atoms with Crippen LogP contribution in [0.2, 0.25) is 0 Å². The van der Waals surface area contributed by atoms with Crippen molar-refractivity contribution in [2.45, 2.75) is 6.92 Å². The highest BCUT2D eigenvalue weighted by molar-refractivity contribution is 7.18. The second-order valence-electron chi connectivity index (χ2n) is 4.14. The number of thiophene rings is 1. The highest BCUT2D eigenvalue weighted by atomic mass is 32.1. The molecule has 5 heteroatoms. The second kappa shape index (κ2) is 4.85. The Labute approximate surface area is 115 Å². The summed E-state index contributed by atoms with van der Waals surface area (Å²) in [6.07, 6.45) is 1.58. The van der Waals surface area contributed by atoms with Crippen molar-refractivity contribution >= 4 is 33.1 Å². The summed E-state index contributed by atoms with van der Waals surface area (Å²) >= 11 is 1.64. The first-order chi connectivity index (χ1) is 9.29. The van der Waals surface area contributed by atoms with Crippen LogP contribution in [0.5, 0.6) is 5.75 Å². The Bertz CT molecular complexity index is 724. The minimum atomic E-state index is 0.794. The van der Waals surface area contributed by atoms with Crippen LogP contribution in [0.4, 0.5) is 11.5 Å². The van der Waals surface area contributed by atoms with Crippen LogP contribution >= 0.6 is 11.3 Å². The fraction of sp³-hybridized carbons (Fsp3) is 0.143. The molecule has 2 heterocycles. The van der Waals surface area contributed by atoms with E-state index >= 15 is 0 Å². The number of nitrogens with one attached hydrogen (secondary N) is 1. The number of benzene rings is 1. The summed E-state index contributed by atoms with van der Waals surface area (Å²) in [5.74, 6) is 1.61. The van der Waals surface area contributed by atoms with E-state index in [1.807, 2.05) is 24.3 Å². The van der Waals surface area contributed by atoms with E-state index in [1.54, 1.807) is 24.8 Å². The third-order valence-corrected chi connectivity index (χ3v) is 3.98. The van der Waals surface area contributed by atoms with Crippen molar-refractivity contribution < 1.29 is 4.74 Å². The number of para-hydroxylation sites is 2. The van der Waals surface area contributed by atoms with E-state index in [4.69, 9.17) is 4.74 Å². The van der Waals surface area contributed by atoms with Gasteiger partial charge in [0.2, 0.25) is 0 Å².